The van der Waals surface area contributed by atoms with Gasteiger partial charge in [-0.3, -0.25) is 0 Å². The Bertz CT molecular complexity index is 1110. The molecule has 4 nitrogen and oxygen atoms in total. The molecule has 0 amide bonds. The predicted octanol–water partition coefficient (Wildman–Crippen LogP) is 5.85. The Kier molecular flexibility index (Phi) is 5.82. The molecule has 0 N–H and O–H groups in total. The number of rotatable bonds is 6. The molecule has 2 heterocycles. The van der Waals surface area contributed by atoms with E-state index in [0.29, 0.717) is 15.9 Å². The fraction of sp³-hybridized carbons (Fsp3) is 0.0952. The lowest BCUT2D eigenvalue weighted by Gasteiger charge is -2.05. The molecule has 4 aromatic rings. The molecule has 0 radical (unpaired) electrons. The highest BCUT2D eigenvalue weighted by molar-refractivity contribution is 7.98. The highest BCUT2D eigenvalue weighted by Gasteiger charge is 2.15. The smallest absolute Gasteiger partial charge is 0.188 e. The maximum Gasteiger partial charge on any atom is 0.188 e. The number of thioether (sulfide) groups is 1. The summed E-state index contributed by atoms with van der Waals surface area (Å²) in [7, 11) is 1.62. The van der Waals surface area contributed by atoms with Crippen molar-refractivity contribution in [2.75, 3.05) is 7.11 Å². The minimum atomic E-state index is -0.617. The van der Waals surface area contributed by atoms with Gasteiger partial charge in [-0.25, -0.2) is 23.7 Å². The number of hydrogen-bond acceptors (Lipinski definition) is 6. The van der Waals surface area contributed by atoms with Gasteiger partial charge in [-0.05, 0) is 42.5 Å². The van der Waals surface area contributed by atoms with E-state index in [-0.39, 0.29) is 5.56 Å². The van der Waals surface area contributed by atoms with Crippen LogP contribution in [0.5, 0.6) is 5.75 Å². The number of nitrogens with zero attached hydrogens (tertiary/aromatic N) is 3. The zero-order valence-electron chi connectivity index (χ0n) is 15.3. The zero-order valence-corrected chi connectivity index (χ0v) is 16.9. The van der Waals surface area contributed by atoms with Crippen LogP contribution in [-0.2, 0) is 5.75 Å². The van der Waals surface area contributed by atoms with Crippen LogP contribution in [0, 0.1) is 11.6 Å². The predicted molar refractivity (Wildman–Crippen MR) is 111 cm³/mol. The van der Waals surface area contributed by atoms with E-state index in [0.717, 1.165) is 22.7 Å². The second-order valence-corrected chi connectivity index (χ2v) is 7.78. The van der Waals surface area contributed by atoms with E-state index in [1.165, 1.54) is 41.3 Å². The summed E-state index contributed by atoms with van der Waals surface area (Å²) >= 11 is 2.63. The van der Waals surface area contributed by atoms with Crippen molar-refractivity contribution >= 4 is 23.1 Å². The summed E-state index contributed by atoms with van der Waals surface area (Å²) in [6, 6.07) is 13.3. The van der Waals surface area contributed by atoms with Gasteiger partial charge in [-0.15, -0.1) is 11.3 Å². The summed E-state index contributed by atoms with van der Waals surface area (Å²) in [5.41, 5.74) is 2.39. The monoisotopic (exact) mass is 427 g/mol. The summed E-state index contributed by atoms with van der Waals surface area (Å²) in [4.78, 5) is 13.2. The van der Waals surface area contributed by atoms with Crippen molar-refractivity contribution in [3.05, 3.63) is 77.4 Å². The largest absolute Gasteiger partial charge is 0.497 e. The topological polar surface area (TPSA) is 47.9 Å². The summed E-state index contributed by atoms with van der Waals surface area (Å²) in [6.07, 6.45) is 1.70. The van der Waals surface area contributed by atoms with Crippen molar-refractivity contribution in [1.29, 1.82) is 0 Å². The molecule has 8 heteroatoms. The van der Waals surface area contributed by atoms with E-state index in [2.05, 4.69) is 15.0 Å². The molecule has 146 valence electrons. The molecule has 0 aliphatic rings. The Morgan fingerprint density at radius 2 is 1.76 bits per heavy atom. The van der Waals surface area contributed by atoms with Crippen LogP contribution in [0.3, 0.4) is 0 Å². The molecule has 0 saturated heterocycles. The van der Waals surface area contributed by atoms with Crippen LogP contribution in [0.4, 0.5) is 8.78 Å². The second-order valence-electron chi connectivity index (χ2n) is 5.98. The third-order valence-electron chi connectivity index (χ3n) is 4.10. The third kappa shape index (κ3) is 4.44. The fourth-order valence-corrected chi connectivity index (χ4v) is 4.36. The van der Waals surface area contributed by atoms with Crippen LogP contribution in [0.2, 0.25) is 0 Å². The van der Waals surface area contributed by atoms with Crippen molar-refractivity contribution in [2.45, 2.75) is 10.9 Å². The minimum Gasteiger partial charge on any atom is -0.497 e. The fourth-order valence-electron chi connectivity index (χ4n) is 2.66. The molecule has 0 aliphatic carbocycles. The van der Waals surface area contributed by atoms with Gasteiger partial charge in [0, 0.05) is 22.9 Å². The van der Waals surface area contributed by atoms with E-state index in [9.17, 15) is 8.78 Å². The Labute approximate surface area is 174 Å². The summed E-state index contributed by atoms with van der Waals surface area (Å²) in [5.74, 6) is 0.0460. The normalized spacial score (nSPS) is 10.9. The van der Waals surface area contributed by atoms with Crippen LogP contribution in [0.25, 0.3) is 21.8 Å². The van der Waals surface area contributed by atoms with Gasteiger partial charge in [0.1, 0.15) is 22.4 Å². The van der Waals surface area contributed by atoms with Gasteiger partial charge in [0.05, 0.1) is 24.1 Å². The molecule has 0 aliphatic heterocycles. The number of halogens is 2. The van der Waals surface area contributed by atoms with E-state index in [4.69, 9.17) is 4.74 Å². The van der Waals surface area contributed by atoms with E-state index in [1.54, 1.807) is 18.7 Å². The van der Waals surface area contributed by atoms with Gasteiger partial charge in [-0.2, -0.15) is 0 Å². The van der Waals surface area contributed by atoms with Gasteiger partial charge in [0.25, 0.3) is 0 Å². The number of hydrogen-bond donors (Lipinski definition) is 0. The van der Waals surface area contributed by atoms with E-state index >= 15 is 0 Å². The van der Waals surface area contributed by atoms with Gasteiger partial charge < -0.3 is 4.74 Å². The van der Waals surface area contributed by atoms with Crippen LogP contribution in [-0.4, -0.2) is 22.1 Å². The maximum atomic E-state index is 13.9. The summed E-state index contributed by atoms with van der Waals surface area (Å²) in [5, 5.41) is 2.72. The highest BCUT2D eigenvalue weighted by atomic mass is 32.2. The number of ether oxygens (including phenoxy) is 1. The molecule has 0 spiro atoms. The Hall–Kier alpha value is -2.84. The van der Waals surface area contributed by atoms with Crippen molar-refractivity contribution in [3.8, 4) is 27.6 Å². The second kappa shape index (κ2) is 8.67. The van der Waals surface area contributed by atoms with Gasteiger partial charge >= 0.3 is 0 Å². The van der Waals surface area contributed by atoms with Crippen molar-refractivity contribution < 1.29 is 13.5 Å². The molecule has 2 aromatic heterocycles. The SMILES string of the molecule is COc1ccc(-c2ccnc(SCc3csc(-c4c(F)cccc4F)n3)n2)cc1. The lowest BCUT2D eigenvalue weighted by Crippen LogP contribution is -1.92. The first-order chi connectivity index (χ1) is 14.1. The number of thiazole rings is 1. The summed E-state index contributed by atoms with van der Waals surface area (Å²) < 4.78 is 33.1. The van der Waals surface area contributed by atoms with Crippen LogP contribution in [0.1, 0.15) is 5.69 Å². The standard InChI is InChI=1S/C21H15F2N3OS2/c1-27-15-7-5-13(6-8-15)18-9-10-24-21(26-18)29-12-14-11-28-20(25-14)19-16(22)3-2-4-17(19)23/h2-11H,12H2,1H3. The average molecular weight is 428 g/mol. The van der Waals surface area contributed by atoms with Crippen molar-refractivity contribution in [1.82, 2.24) is 15.0 Å². The number of methoxy groups -OCH3 is 1. The Morgan fingerprint density at radius 3 is 2.48 bits per heavy atom. The van der Waals surface area contributed by atoms with Gasteiger partial charge in [0.15, 0.2) is 5.16 Å². The first kappa shape index (κ1) is 19.5. The quantitative estimate of drug-likeness (QED) is 0.285. The molecule has 0 atom stereocenters. The van der Waals surface area contributed by atoms with Crippen molar-refractivity contribution in [3.63, 3.8) is 0 Å². The molecular weight excluding hydrogens is 412 g/mol. The molecule has 0 fully saturated rings. The van der Waals surface area contributed by atoms with Crippen LogP contribution >= 0.6 is 23.1 Å². The van der Waals surface area contributed by atoms with Crippen LogP contribution < -0.4 is 4.74 Å². The minimum absolute atomic E-state index is 0.0912. The van der Waals surface area contributed by atoms with Crippen molar-refractivity contribution in [2.24, 2.45) is 0 Å². The lowest BCUT2D eigenvalue weighted by molar-refractivity contribution is 0.415. The molecule has 0 bridgehead atoms. The average Bonchev–Trinajstić information content (AvgIpc) is 3.21. The molecule has 0 saturated carbocycles. The maximum absolute atomic E-state index is 13.9. The number of aromatic nitrogens is 3. The third-order valence-corrected chi connectivity index (χ3v) is 5.90. The van der Waals surface area contributed by atoms with E-state index < -0.39 is 11.6 Å². The van der Waals surface area contributed by atoms with E-state index in [1.807, 2.05) is 30.3 Å². The molecule has 0 unspecified atom stereocenters. The highest BCUT2D eigenvalue weighted by Crippen LogP contribution is 2.31. The Morgan fingerprint density at radius 1 is 1.00 bits per heavy atom. The number of benzene rings is 2. The van der Waals surface area contributed by atoms with Gasteiger partial charge in [-0.1, -0.05) is 17.8 Å². The first-order valence-electron chi connectivity index (χ1n) is 8.63. The Balaban J connectivity index is 1.48. The summed E-state index contributed by atoms with van der Waals surface area (Å²) in [6.45, 7) is 0. The molecule has 2 aromatic carbocycles. The lowest BCUT2D eigenvalue weighted by atomic mass is 10.1. The molecular formula is C21H15F2N3OS2. The van der Waals surface area contributed by atoms with Crippen LogP contribution in [0.15, 0.2) is 65.3 Å². The molecule has 29 heavy (non-hydrogen) atoms. The first-order valence-corrected chi connectivity index (χ1v) is 10.5. The van der Waals surface area contributed by atoms with Gasteiger partial charge in [0.2, 0.25) is 0 Å². The zero-order chi connectivity index (χ0) is 20.2. The molecule has 4 rings (SSSR count).